The molecule has 0 spiro atoms. The maximum absolute atomic E-state index is 11.5. The molecule has 0 heterocycles. The minimum absolute atomic E-state index is 0.119. The summed E-state index contributed by atoms with van der Waals surface area (Å²) in [6.07, 6.45) is 0.855. The first-order chi connectivity index (χ1) is 8.99. The van der Waals surface area contributed by atoms with E-state index in [0.29, 0.717) is 17.3 Å². The van der Waals surface area contributed by atoms with Crippen LogP contribution < -0.4 is 10.2 Å². The maximum atomic E-state index is 11.5. The molecule has 0 saturated carbocycles. The van der Waals surface area contributed by atoms with Crippen molar-refractivity contribution in [3.05, 3.63) is 28.8 Å². The lowest BCUT2D eigenvalue weighted by Crippen LogP contribution is -2.36. The monoisotopic (exact) mass is 284 g/mol. The smallest absolute Gasteiger partial charge is 0.335 e. The summed E-state index contributed by atoms with van der Waals surface area (Å²) in [4.78, 5) is 24.1. The Bertz CT molecular complexity index is 477. The third kappa shape index (κ3) is 4.13. The number of hydrogen-bond acceptors (Lipinski definition) is 3. The predicted molar refractivity (Wildman–Crippen MR) is 75.0 cm³/mol. The molecule has 1 aromatic carbocycles. The molecule has 1 aromatic rings. The number of aromatic carboxylic acids is 1. The van der Waals surface area contributed by atoms with Gasteiger partial charge in [-0.05, 0) is 24.6 Å². The first kappa shape index (κ1) is 15.3. The highest BCUT2D eigenvalue weighted by Gasteiger charge is 2.14. The Morgan fingerprint density at radius 1 is 1.42 bits per heavy atom. The number of amides is 1. The molecule has 6 heteroatoms. The summed E-state index contributed by atoms with van der Waals surface area (Å²) in [7, 11) is 1.57. The fraction of sp³-hybridized carbons (Fsp3) is 0.385. The predicted octanol–water partition coefficient (Wildman–Crippen LogP) is 2.00. The Hall–Kier alpha value is -1.75. The molecular formula is C13H17ClN2O3. The Balaban J connectivity index is 3.02. The normalized spacial score (nSPS) is 10.1. The molecule has 1 amide bonds. The van der Waals surface area contributed by atoms with E-state index in [-0.39, 0.29) is 18.0 Å². The summed E-state index contributed by atoms with van der Waals surface area (Å²) in [5, 5.41) is 11.8. The second-order valence-corrected chi connectivity index (χ2v) is 4.47. The molecule has 0 radical (unpaired) electrons. The zero-order chi connectivity index (χ0) is 14.4. The molecule has 0 bridgehead atoms. The number of nitrogens with zero attached hydrogens (tertiary/aromatic N) is 1. The zero-order valence-corrected chi connectivity index (χ0v) is 11.7. The van der Waals surface area contributed by atoms with Gasteiger partial charge < -0.3 is 15.3 Å². The van der Waals surface area contributed by atoms with E-state index in [0.717, 1.165) is 6.42 Å². The molecular weight excluding hydrogens is 268 g/mol. The van der Waals surface area contributed by atoms with Crippen LogP contribution >= 0.6 is 11.6 Å². The van der Waals surface area contributed by atoms with Crippen molar-refractivity contribution in [2.75, 3.05) is 25.0 Å². The number of rotatable bonds is 6. The van der Waals surface area contributed by atoms with E-state index in [1.165, 1.54) is 12.1 Å². The van der Waals surface area contributed by atoms with Crippen LogP contribution in [0.4, 0.5) is 5.69 Å². The lowest BCUT2D eigenvalue weighted by Gasteiger charge is -2.24. The number of anilines is 1. The quantitative estimate of drug-likeness (QED) is 0.838. The molecule has 2 N–H and O–H groups in total. The van der Waals surface area contributed by atoms with Gasteiger partial charge in [0.15, 0.2) is 0 Å². The number of carbonyl (C=O) groups is 2. The van der Waals surface area contributed by atoms with E-state index in [1.54, 1.807) is 13.1 Å². The van der Waals surface area contributed by atoms with Gasteiger partial charge in [0.1, 0.15) is 0 Å². The number of hydrogen-bond donors (Lipinski definition) is 2. The summed E-state index contributed by atoms with van der Waals surface area (Å²) in [5.74, 6) is -1.14. The van der Waals surface area contributed by atoms with Crippen LogP contribution in [0, 0.1) is 0 Å². The van der Waals surface area contributed by atoms with Crippen LogP contribution in [-0.2, 0) is 4.79 Å². The number of halogens is 1. The maximum Gasteiger partial charge on any atom is 0.335 e. The Labute approximate surface area is 117 Å². The van der Waals surface area contributed by atoms with Crippen LogP contribution in [0.1, 0.15) is 23.7 Å². The van der Waals surface area contributed by atoms with Crippen molar-refractivity contribution in [1.29, 1.82) is 0 Å². The van der Waals surface area contributed by atoms with Crippen molar-refractivity contribution in [2.45, 2.75) is 13.3 Å². The number of likely N-dealkylation sites (N-methyl/N-ethyl adjacent to an activating group) is 1. The standard InChI is InChI=1S/C13H17ClN2O3/c1-3-6-16(8-12(17)15-2)11-5-4-9(13(18)19)7-10(11)14/h4-5,7H,3,6,8H2,1-2H3,(H,15,17)(H,18,19). The van der Waals surface area contributed by atoms with Crippen LogP contribution in [-0.4, -0.2) is 37.1 Å². The van der Waals surface area contributed by atoms with Gasteiger partial charge in [0, 0.05) is 13.6 Å². The zero-order valence-electron chi connectivity index (χ0n) is 10.9. The fourth-order valence-corrected chi connectivity index (χ4v) is 2.00. The number of carboxylic acid groups (broad SMARTS) is 1. The molecule has 1 rings (SSSR count). The number of carboxylic acids is 1. The Morgan fingerprint density at radius 2 is 2.11 bits per heavy atom. The van der Waals surface area contributed by atoms with Gasteiger partial charge in [-0.1, -0.05) is 18.5 Å². The van der Waals surface area contributed by atoms with Gasteiger partial charge in [0.05, 0.1) is 22.8 Å². The number of benzene rings is 1. The summed E-state index contributed by atoms with van der Waals surface area (Å²) in [6.45, 7) is 2.85. The molecule has 0 aliphatic rings. The Kier molecular flexibility index (Phi) is 5.63. The second kappa shape index (κ2) is 6.99. The number of nitrogens with one attached hydrogen (secondary N) is 1. The molecule has 0 atom stereocenters. The average molecular weight is 285 g/mol. The fourth-order valence-electron chi connectivity index (χ4n) is 1.70. The molecule has 5 nitrogen and oxygen atoms in total. The van der Waals surface area contributed by atoms with Gasteiger partial charge in [0.25, 0.3) is 0 Å². The van der Waals surface area contributed by atoms with Crippen molar-refractivity contribution < 1.29 is 14.7 Å². The highest BCUT2D eigenvalue weighted by molar-refractivity contribution is 6.33. The molecule has 104 valence electrons. The topological polar surface area (TPSA) is 69.6 Å². The van der Waals surface area contributed by atoms with Gasteiger partial charge in [-0.25, -0.2) is 4.79 Å². The average Bonchev–Trinajstić information content (AvgIpc) is 2.37. The molecule has 0 saturated heterocycles. The lowest BCUT2D eigenvalue weighted by atomic mass is 10.2. The van der Waals surface area contributed by atoms with E-state index < -0.39 is 5.97 Å². The SMILES string of the molecule is CCCN(CC(=O)NC)c1ccc(C(=O)O)cc1Cl. The third-order valence-corrected chi connectivity index (χ3v) is 2.94. The molecule has 19 heavy (non-hydrogen) atoms. The number of carbonyl (C=O) groups excluding carboxylic acids is 1. The summed E-state index contributed by atoms with van der Waals surface area (Å²) >= 11 is 6.09. The third-order valence-electron chi connectivity index (χ3n) is 2.64. The van der Waals surface area contributed by atoms with E-state index in [2.05, 4.69) is 5.32 Å². The van der Waals surface area contributed by atoms with Crippen molar-refractivity contribution >= 4 is 29.2 Å². The summed E-state index contributed by atoms with van der Waals surface area (Å²) < 4.78 is 0. The highest BCUT2D eigenvalue weighted by atomic mass is 35.5. The largest absolute Gasteiger partial charge is 0.478 e. The van der Waals surface area contributed by atoms with Crippen LogP contribution in [0.15, 0.2) is 18.2 Å². The first-order valence-corrected chi connectivity index (χ1v) is 6.35. The van der Waals surface area contributed by atoms with Crippen LogP contribution in [0.2, 0.25) is 5.02 Å². The van der Waals surface area contributed by atoms with E-state index in [9.17, 15) is 9.59 Å². The second-order valence-electron chi connectivity index (χ2n) is 4.07. The van der Waals surface area contributed by atoms with Crippen molar-refractivity contribution in [1.82, 2.24) is 5.32 Å². The van der Waals surface area contributed by atoms with Gasteiger partial charge in [0.2, 0.25) is 5.91 Å². The molecule has 0 fully saturated rings. The highest BCUT2D eigenvalue weighted by Crippen LogP contribution is 2.27. The summed E-state index contributed by atoms with van der Waals surface area (Å²) in [5.41, 5.74) is 0.794. The van der Waals surface area contributed by atoms with Crippen LogP contribution in [0.5, 0.6) is 0 Å². The first-order valence-electron chi connectivity index (χ1n) is 5.98. The Morgan fingerprint density at radius 3 is 2.58 bits per heavy atom. The summed E-state index contributed by atoms with van der Waals surface area (Å²) in [6, 6.07) is 4.51. The minimum atomic E-state index is -1.03. The van der Waals surface area contributed by atoms with E-state index in [4.69, 9.17) is 16.7 Å². The molecule has 0 unspecified atom stereocenters. The molecule has 0 aliphatic carbocycles. The lowest BCUT2D eigenvalue weighted by molar-refractivity contribution is -0.119. The van der Waals surface area contributed by atoms with Gasteiger partial charge in [-0.3, -0.25) is 4.79 Å². The van der Waals surface area contributed by atoms with Crippen molar-refractivity contribution in [2.24, 2.45) is 0 Å². The molecule has 0 aromatic heterocycles. The van der Waals surface area contributed by atoms with Gasteiger partial charge in [-0.15, -0.1) is 0 Å². The van der Waals surface area contributed by atoms with Crippen LogP contribution in [0.3, 0.4) is 0 Å². The van der Waals surface area contributed by atoms with Crippen molar-refractivity contribution in [3.8, 4) is 0 Å². The van der Waals surface area contributed by atoms with Gasteiger partial charge >= 0.3 is 5.97 Å². The van der Waals surface area contributed by atoms with Gasteiger partial charge in [-0.2, -0.15) is 0 Å². The minimum Gasteiger partial charge on any atom is -0.478 e. The van der Waals surface area contributed by atoms with Crippen LogP contribution in [0.25, 0.3) is 0 Å². The van der Waals surface area contributed by atoms with E-state index in [1.807, 2.05) is 11.8 Å². The van der Waals surface area contributed by atoms with Crippen molar-refractivity contribution in [3.63, 3.8) is 0 Å². The molecule has 0 aliphatic heterocycles. The van der Waals surface area contributed by atoms with E-state index >= 15 is 0 Å².